The minimum Gasteiger partial charge on any atom is -0.481 e. The standard InChI is InChI=1S/C12H17F3N2O4/c13-12(14,15)11(9(19)20)3-4-16(7-11)10(21)17(5-6-18)8-1-2-8/h8,18H,1-7H2,(H,19,20). The zero-order chi connectivity index (χ0) is 15.8. The summed E-state index contributed by atoms with van der Waals surface area (Å²) in [5, 5.41) is 17.9. The largest absolute Gasteiger partial charge is 0.481 e. The molecular formula is C12H17F3N2O4. The number of aliphatic carboxylic acids is 1. The number of alkyl halides is 3. The van der Waals surface area contributed by atoms with Crippen molar-refractivity contribution in [1.29, 1.82) is 0 Å². The van der Waals surface area contributed by atoms with Gasteiger partial charge in [-0.25, -0.2) is 4.79 Å². The van der Waals surface area contributed by atoms with Crippen molar-refractivity contribution >= 4 is 12.0 Å². The molecular weight excluding hydrogens is 293 g/mol. The third kappa shape index (κ3) is 2.78. The number of carbonyl (C=O) groups excluding carboxylic acids is 1. The quantitative estimate of drug-likeness (QED) is 0.808. The smallest absolute Gasteiger partial charge is 0.406 e. The fourth-order valence-electron chi connectivity index (χ4n) is 2.61. The van der Waals surface area contributed by atoms with E-state index < -0.39 is 36.6 Å². The van der Waals surface area contributed by atoms with E-state index in [9.17, 15) is 22.8 Å². The van der Waals surface area contributed by atoms with Gasteiger partial charge >= 0.3 is 18.2 Å². The number of carbonyl (C=O) groups is 2. The first-order valence-corrected chi connectivity index (χ1v) is 6.69. The number of hydrogen-bond acceptors (Lipinski definition) is 3. The molecule has 6 nitrogen and oxygen atoms in total. The first-order valence-electron chi connectivity index (χ1n) is 6.69. The zero-order valence-corrected chi connectivity index (χ0v) is 11.3. The number of urea groups is 1. The maximum Gasteiger partial charge on any atom is 0.406 e. The molecule has 2 N–H and O–H groups in total. The van der Waals surface area contributed by atoms with Crippen LogP contribution in [-0.4, -0.2) is 70.5 Å². The Morgan fingerprint density at radius 3 is 2.33 bits per heavy atom. The Balaban J connectivity index is 2.13. The molecule has 0 spiro atoms. The zero-order valence-electron chi connectivity index (χ0n) is 11.3. The van der Waals surface area contributed by atoms with Crippen LogP contribution in [0.25, 0.3) is 0 Å². The summed E-state index contributed by atoms with van der Waals surface area (Å²) in [7, 11) is 0. The van der Waals surface area contributed by atoms with Gasteiger partial charge in [-0.15, -0.1) is 0 Å². The van der Waals surface area contributed by atoms with Crippen molar-refractivity contribution in [1.82, 2.24) is 9.80 Å². The molecule has 2 rings (SSSR count). The van der Waals surface area contributed by atoms with Crippen LogP contribution in [0.2, 0.25) is 0 Å². The Morgan fingerprint density at radius 2 is 1.95 bits per heavy atom. The molecule has 2 fully saturated rings. The minimum absolute atomic E-state index is 0.0477. The number of carboxylic acid groups (broad SMARTS) is 1. The molecule has 1 unspecified atom stereocenters. The summed E-state index contributed by atoms with van der Waals surface area (Å²) in [6.45, 7) is -1.36. The van der Waals surface area contributed by atoms with Gasteiger partial charge in [0.1, 0.15) is 0 Å². The number of amides is 2. The predicted octanol–water partition coefficient (Wildman–Crippen LogP) is 0.902. The highest BCUT2D eigenvalue weighted by atomic mass is 19.4. The molecule has 0 aromatic heterocycles. The van der Waals surface area contributed by atoms with Gasteiger partial charge in [0.2, 0.25) is 0 Å². The predicted molar refractivity (Wildman–Crippen MR) is 64.5 cm³/mol. The van der Waals surface area contributed by atoms with Gasteiger partial charge in [-0.3, -0.25) is 4.79 Å². The molecule has 1 saturated carbocycles. The topological polar surface area (TPSA) is 81.1 Å². The Hall–Kier alpha value is -1.51. The summed E-state index contributed by atoms with van der Waals surface area (Å²) in [5.41, 5.74) is -2.89. The fraction of sp³-hybridized carbons (Fsp3) is 0.833. The fourth-order valence-corrected chi connectivity index (χ4v) is 2.61. The molecule has 1 aliphatic carbocycles. The third-order valence-electron chi connectivity index (χ3n) is 4.07. The molecule has 2 amide bonds. The third-order valence-corrected chi connectivity index (χ3v) is 4.07. The van der Waals surface area contributed by atoms with E-state index in [-0.39, 0.29) is 25.7 Å². The monoisotopic (exact) mass is 310 g/mol. The summed E-state index contributed by atoms with van der Waals surface area (Å²) >= 11 is 0. The van der Waals surface area contributed by atoms with Crippen LogP contribution in [-0.2, 0) is 4.79 Å². The van der Waals surface area contributed by atoms with Crippen LogP contribution < -0.4 is 0 Å². The van der Waals surface area contributed by atoms with Crippen molar-refractivity contribution in [2.24, 2.45) is 5.41 Å². The SMILES string of the molecule is O=C(N1CCC(C(=O)O)(C(F)(F)F)C1)N(CCO)C1CC1. The lowest BCUT2D eigenvalue weighted by molar-refractivity contribution is -0.227. The normalized spacial score (nSPS) is 26.0. The van der Waals surface area contributed by atoms with Crippen molar-refractivity contribution in [2.45, 2.75) is 31.5 Å². The molecule has 2 aliphatic rings. The van der Waals surface area contributed by atoms with Gasteiger partial charge in [0.05, 0.1) is 6.61 Å². The Labute approximate surface area is 119 Å². The first kappa shape index (κ1) is 15.9. The molecule has 0 radical (unpaired) electrons. The highest BCUT2D eigenvalue weighted by Crippen LogP contribution is 2.46. The van der Waals surface area contributed by atoms with Crippen molar-refractivity contribution < 1.29 is 33.0 Å². The lowest BCUT2D eigenvalue weighted by Gasteiger charge is -2.30. The molecule has 0 bridgehead atoms. The molecule has 0 aromatic rings. The lowest BCUT2D eigenvalue weighted by Crippen LogP contribution is -2.50. The Morgan fingerprint density at radius 1 is 1.33 bits per heavy atom. The molecule has 1 heterocycles. The summed E-state index contributed by atoms with van der Waals surface area (Å²) in [5.74, 6) is -1.95. The number of aliphatic hydroxyl groups is 1. The van der Waals surface area contributed by atoms with Gasteiger partial charge in [0.15, 0.2) is 5.41 Å². The summed E-state index contributed by atoms with van der Waals surface area (Å²) in [6, 6.07) is -0.686. The second-order valence-corrected chi connectivity index (χ2v) is 5.49. The van der Waals surface area contributed by atoms with Gasteiger partial charge in [0, 0.05) is 25.7 Å². The average Bonchev–Trinajstić information content (AvgIpc) is 3.10. The van der Waals surface area contributed by atoms with Crippen LogP contribution in [0.15, 0.2) is 0 Å². The number of nitrogens with zero attached hydrogens (tertiary/aromatic N) is 2. The molecule has 1 atom stereocenters. The van der Waals surface area contributed by atoms with Gasteiger partial charge < -0.3 is 20.0 Å². The lowest BCUT2D eigenvalue weighted by atomic mass is 9.86. The number of rotatable bonds is 4. The maximum absolute atomic E-state index is 13.1. The second kappa shape index (κ2) is 5.36. The van der Waals surface area contributed by atoms with E-state index in [2.05, 4.69) is 0 Å². The molecule has 1 aliphatic heterocycles. The summed E-state index contributed by atoms with van der Waals surface area (Å²) in [6.07, 6.45) is -4.05. The van der Waals surface area contributed by atoms with E-state index >= 15 is 0 Å². The van der Waals surface area contributed by atoms with Crippen LogP contribution in [0.5, 0.6) is 0 Å². The highest BCUT2D eigenvalue weighted by molar-refractivity contribution is 5.81. The van der Waals surface area contributed by atoms with Gasteiger partial charge in [0.25, 0.3) is 0 Å². The number of aliphatic hydroxyl groups excluding tert-OH is 1. The van der Waals surface area contributed by atoms with Gasteiger partial charge in [-0.2, -0.15) is 13.2 Å². The van der Waals surface area contributed by atoms with E-state index in [0.29, 0.717) is 0 Å². The molecule has 0 aromatic carbocycles. The Kier molecular flexibility index (Phi) is 4.05. The summed E-state index contributed by atoms with van der Waals surface area (Å²) in [4.78, 5) is 25.6. The van der Waals surface area contributed by atoms with Crippen molar-refractivity contribution in [3.8, 4) is 0 Å². The molecule has 21 heavy (non-hydrogen) atoms. The summed E-state index contributed by atoms with van der Waals surface area (Å²) < 4.78 is 39.2. The van der Waals surface area contributed by atoms with Crippen molar-refractivity contribution in [3.05, 3.63) is 0 Å². The highest BCUT2D eigenvalue weighted by Gasteiger charge is 2.64. The van der Waals surface area contributed by atoms with Crippen molar-refractivity contribution in [2.75, 3.05) is 26.2 Å². The number of halogens is 3. The van der Waals surface area contributed by atoms with E-state index in [1.54, 1.807) is 0 Å². The van der Waals surface area contributed by atoms with E-state index in [0.717, 1.165) is 17.7 Å². The second-order valence-electron chi connectivity index (χ2n) is 5.49. The van der Waals surface area contributed by atoms with Crippen LogP contribution in [0.3, 0.4) is 0 Å². The van der Waals surface area contributed by atoms with Crippen molar-refractivity contribution in [3.63, 3.8) is 0 Å². The number of carboxylic acids is 1. The Bertz CT molecular complexity index is 439. The van der Waals surface area contributed by atoms with Crippen LogP contribution >= 0.6 is 0 Å². The maximum atomic E-state index is 13.1. The van der Waals surface area contributed by atoms with E-state index in [1.807, 2.05) is 0 Å². The molecule has 120 valence electrons. The number of likely N-dealkylation sites (tertiary alicyclic amines) is 1. The van der Waals surface area contributed by atoms with E-state index in [4.69, 9.17) is 10.2 Å². The van der Waals surface area contributed by atoms with Gasteiger partial charge in [-0.05, 0) is 19.3 Å². The average molecular weight is 310 g/mol. The van der Waals surface area contributed by atoms with Crippen LogP contribution in [0.1, 0.15) is 19.3 Å². The molecule has 9 heteroatoms. The minimum atomic E-state index is -4.91. The van der Waals surface area contributed by atoms with Crippen LogP contribution in [0.4, 0.5) is 18.0 Å². The van der Waals surface area contributed by atoms with E-state index in [1.165, 1.54) is 4.90 Å². The van der Waals surface area contributed by atoms with Gasteiger partial charge in [-0.1, -0.05) is 0 Å². The van der Waals surface area contributed by atoms with Crippen LogP contribution in [0, 0.1) is 5.41 Å². The number of hydrogen-bond donors (Lipinski definition) is 2. The first-order chi connectivity index (χ1) is 9.73. The molecule has 1 saturated heterocycles.